The van der Waals surface area contributed by atoms with Crippen LogP contribution in [-0.2, 0) is 17.8 Å². The van der Waals surface area contributed by atoms with Gasteiger partial charge in [0.05, 0.1) is 37.0 Å². The summed E-state index contributed by atoms with van der Waals surface area (Å²) in [7, 11) is 1.57. The number of hydrogen-bond donors (Lipinski definition) is 1. The number of rotatable bonds is 6. The highest BCUT2D eigenvalue weighted by molar-refractivity contribution is 5.91. The quantitative estimate of drug-likeness (QED) is 0.742. The van der Waals surface area contributed by atoms with Crippen molar-refractivity contribution in [3.63, 3.8) is 0 Å². The number of nitrogens with zero attached hydrogens (tertiary/aromatic N) is 2. The highest BCUT2D eigenvalue weighted by atomic mass is 16.5. The number of aromatic nitrogens is 2. The Kier molecular flexibility index (Phi) is 4.72. The third-order valence-corrected chi connectivity index (χ3v) is 3.61. The highest BCUT2D eigenvalue weighted by Crippen LogP contribution is 2.13. The maximum absolute atomic E-state index is 12.5. The first-order valence-corrected chi connectivity index (χ1v) is 7.50. The number of carbonyl (C=O) groups is 1. The predicted molar refractivity (Wildman–Crippen MR) is 87.8 cm³/mol. The van der Waals surface area contributed by atoms with E-state index in [1.54, 1.807) is 31.4 Å². The molecule has 2 aromatic heterocycles. The molecule has 7 nitrogen and oxygen atoms in total. The van der Waals surface area contributed by atoms with Crippen molar-refractivity contribution in [1.29, 1.82) is 0 Å². The summed E-state index contributed by atoms with van der Waals surface area (Å²) in [6.07, 6.45) is 1.44. The van der Waals surface area contributed by atoms with Crippen molar-refractivity contribution in [2.45, 2.75) is 13.1 Å². The molecule has 0 bridgehead atoms. The zero-order valence-electron chi connectivity index (χ0n) is 13.2. The highest BCUT2D eigenvalue weighted by Gasteiger charge is 2.13. The fraction of sp³-hybridized carbons (Fsp3) is 0.235. The SMILES string of the molecule is COCCn1nc(CNC(=O)c2ccco2)c2ccccc2c1=O. The normalized spacial score (nSPS) is 10.9. The number of benzene rings is 1. The van der Waals surface area contributed by atoms with Crippen LogP contribution in [0.5, 0.6) is 0 Å². The molecule has 0 saturated carbocycles. The third kappa shape index (κ3) is 3.21. The smallest absolute Gasteiger partial charge is 0.287 e. The third-order valence-electron chi connectivity index (χ3n) is 3.61. The van der Waals surface area contributed by atoms with Crippen LogP contribution in [0.25, 0.3) is 10.8 Å². The van der Waals surface area contributed by atoms with Gasteiger partial charge in [0.1, 0.15) is 0 Å². The Morgan fingerprint density at radius 2 is 2.04 bits per heavy atom. The average Bonchev–Trinajstić information content (AvgIpc) is 3.15. The number of nitrogens with one attached hydrogen (secondary N) is 1. The van der Waals surface area contributed by atoms with Crippen LogP contribution in [-0.4, -0.2) is 29.4 Å². The lowest BCUT2D eigenvalue weighted by Gasteiger charge is -2.11. The lowest BCUT2D eigenvalue weighted by atomic mass is 10.1. The van der Waals surface area contributed by atoms with Crippen LogP contribution < -0.4 is 10.9 Å². The number of methoxy groups -OCH3 is 1. The first kappa shape index (κ1) is 15.9. The summed E-state index contributed by atoms with van der Waals surface area (Å²) in [6, 6.07) is 10.4. The minimum Gasteiger partial charge on any atom is -0.459 e. The number of furan rings is 1. The molecule has 0 radical (unpaired) electrons. The summed E-state index contributed by atoms with van der Waals surface area (Å²) in [6.45, 7) is 0.913. The molecule has 24 heavy (non-hydrogen) atoms. The number of amides is 1. The van der Waals surface area contributed by atoms with Crippen molar-refractivity contribution >= 4 is 16.7 Å². The molecule has 0 aliphatic rings. The Morgan fingerprint density at radius 1 is 1.25 bits per heavy atom. The summed E-state index contributed by atoms with van der Waals surface area (Å²) >= 11 is 0. The van der Waals surface area contributed by atoms with Crippen LogP contribution in [0, 0.1) is 0 Å². The molecule has 0 aliphatic carbocycles. The Labute approximate surface area is 137 Å². The molecule has 0 saturated heterocycles. The summed E-state index contributed by atoms with van der Waals surface area (Å²) < 4.78 is 11.4. The Hall–Kier alpha value is -2.93. The van der Waals surface area contributed by atoms with Crippen LogP contribution in [0.4, 0.5) is 0 Å². The van der Waals surface area contributed by atoms with Gasteiger partial charge in [0.15, 0.2) is 5.76 Å². The largest absolute Gasteiger partial charge is 0.459 e. The minimum absolute atomic E-state index is 0.177. The molecule has 3 rings (SSSR count). The summed E-state index contributed by atoms with van der Waals surface area (Å²) in [4.78, 5) is 24.5. The van der Waals surface area contributed by atoms with E-state index in [0.29, 0.717) is 24.2 Å². The van der Waals surface area contributed by atoms with Crippen LogP contribution in [0.3, 0.4) is 0 Å². The molecular formula is C17H17N3O4. The second-order valence-corrected chi connectivity index (χ2v) is 5.17. The second-order valence-electron chi connectivity index (χ2n) is 5.17. The van der Waals surface area contributed by atoms with E-state index in [4.69, 9.17) is 9.15 Å². The lowest BCUT2D eigenvalue weighted by molar-refractivity contribution is 0.0922. The van der Waals surface area contributed by atoms with E-state index in [2.05, 4.69) is 10.4 Å². The molecule has 0 fully saturated rings. The molecule has 0 unspecified atom stereocenters. The Bertz CT molecular complexity index is 900. The zero-order valence-corrected chi connectivity index (χ0v) is 13.2. The van der Waals surface area contributed by atoms with Gasteiger partial charge in [-0.2, -0.15) is 5.10 Å². The first-order chi connectivity index (χ1) is 11.7. The van der Waals surface area contributed by atoms with Gasteiger partial charge in [-0.25, -0.2) is 4.68 Å². The van der Waals surface area contributed by atoms with E-state index < -0.39 is 0 Å². The van der Waals surface area contributed by atoms with E-state index in [1.165, 1.54) is 10.9 Å². The Morgan fingerprint density at radius 3 is 2.75 bits per heavy atom. The van der Waals surface area contributed by atoms with E-state index in [9.17, 15) is 9.59 Å². The van der Waals surface area contributed by atoms with Gasteiger partial charge in [0.2, 0.25) is 0 Å². The molecule has 3 aromatic rings. The number of hydrogen-bond acceptors (Lipinski definition) is 5. The molecule has 1 amide bonds. The van der Waals surface area contributed by atoms with E-state index in [1.807, 2.05) is 12.1 Å². The van der Waals surface area contributed by atoms with Crippen molar-refractivity contribution in [3.8, 4) is 0 Å². The second kappa shape index (κ2) is 7.10. The van der Waals surface area contributed by atoms with Crippen LogP contribution in [0.15, 0.2) is 51.9 Å². The van der Waals surface area contributed by atoms with Crippen molar-refractivity contribution in [2.75, 3.05) is 13.7 Å². The summed E-state index contributed by atoms with van der Waals surface area (Å²) in [5, 5.41) is 8.40. The topological polar surface area (TPSA) is 86.4 Å². The van der Waals surface area contributed by atoms with Crippen molar-refractivity contribution in [3.05, 3.63) is 64.5 Å². The molecule has 1 aromatic carbocycles. The summed E-state index contributed by atoms with van der Waals surface area (Å²) in [5.74, 6) is -0.104. The van der Waals surface area contributed by atoms with E-state index >= 15 is 0 Å². The predicted octanol–water partition coefficient (Wildman–Crippen LogP) is 1.57. The van der Waals surface area contributed by atoms with Crippen LogP contribution in [0.1, 0.15) is 16.2 Å². The number of ether oxygens (including phenoxy) is 1. The number of fused-ring (bicyclic) bond motifs is 1. The Balaban J connectivity index is 1.92. The molecular weight excluding hydrogens is 310 g/mol. The van der Waals surface area contributed by atoms with E-state index in [0.717, 1.165) is 5.39 Å². The molecule has 0 spiro atoms. The maximum Gasteiger partial charge on any atom is 0.287 e. The van der Waals surface area contributed by atoms with Gasteiger partial charge in [-0.05, 0) is 18.2 Å². The minimum atomic E-state index is -0.333. The molecule has 2 heterocycles. The number of carbonyl (C=O) groups excluding carboxylic acids is 1. The van der Waals surface area contributed by atoms with Gasteiger partial charge in [0.25, 0.3) is 11.5 Å². The molecule has 7 heteroatoms. The van der Waals surface area contributed by atoms with Crippen LogP contribution >= 0.6 is 0 Å². The zero-order chi connectivity index (χ0) is 16.9. The van der Waals surface area contributed by atoms with Crippen molar-refractivity contribution in [1.82, 2.24) is 15.1 Å². The maximum atomic E-state index is 12.5. The molecule has 1 N–H and O–H groups in total. The monoisotopic (exact) mass is 327 g/mol. The van der Waals surface area contributed by atoms with Gasteiger partial charge in [0, 0.05) is 12.5 Å². The van der Waals surface area contributed by atoms with E-state index in [-0.39, 0.29) is 23.8 Å². The van der Waals surface area contributed by atoms with Gasteiger partial charge in [-0.15, -0.1) is 0 Å². The van der Waals surface area contributed by atoms with Crippen LogP contribution in [0.2, 0.25) is 0 Å². The standard InChI is InChI=1S/C17H17N3O4/c1-23-10-8-20-17(22)13-6-3-2-5-12(13)14(19-20)11-18-16(21)15-7-4-9-24-15/h2-7,9H,8,10-11H2,1H3,(H,18,21). The summed E-state index contributed by atoms with van der Waals surface area (Å²) in [5.41, 5.74) is 0.435. The van der Waals surface area contributed by atoms with Crippen molar-refractivity contribution in [2.24, 2.45) is 0 Å². The van der Waals surface area contributed by atoms with Gasteiger partial charge >= 0.3 is 0 Å². The lowest BCUT2D eigenvalue weighted by Crippen LogP contribution is -2.29. The average molecular weight is 327 g/mol. The fourth-order valence-corrected chi connectivity index (χ4v) is 2.42. The molecule has 0 atom stereocenters. The van der Waals surface area contributed by atoms with Gasteiger partial charge in [-0.1, -0.05) is 18.2 Å². The van der Waals surface area contributed by atoms with Crippen molar-refractivity contribution < 1.29 is 13.9 Å². The first-order valence-electron chi connectivity index (χ1n) is 7.50. The molecule has 124 valence electrons. The van der Waals surface area contributed by atoms with Gasteiger partial charge < -0.3 is 14.5 Å². The van der Waals surface area contributed by atoms with Gasteiger partial charge in [-0.3, -0.25) is 9.59 Å². The fourth-order valence-electron chi connectivity index (χ4n) is 2.42. The molecule has 0 aliphatic heterocycles.